The van der Waals surface area contributed by atoms with Gasteiger partial charge in [-0.05, 0) is 23.9 Å². The highest BCUT2D eigenvalue weighted by Gasteiger charge is 2.44. The Labute approximate surface area is 126 Å². The maximum atomic E-state index is 12.3. The summed E-state index contributed by atoms with van der Waals surface area (Å²) in [6, 6.07) is 10.6. The summed E-state index contributed by atoms with van der Waals surface area (Å²) in [5, 5.41) is 7.24. The van der Waals surface area contributed by atoms with Gasteiger partial charge in [0.25, 0.3) is 11.1 Å². The topological polar surface area (TPSA) is 81.5 Å². The predicted molar refractivity (Wildman–Crippen MR) is 78.3 cm³/mol. The molecule has 0 radical (unpaired) electrons. The molecule has 1 heterocycles. The molecule has 1 aliphatic rings. The first-order chi connectivity index (χ1) is 10.1. The smallest absolute Gasteiger partial charge is 0.290 e. The van der Waals surface area contributed by atoms with E-state index in [-0.39, 0.29) is 18.9 Å². The van der Waals surface area contributed by atoms with Gasteiger partial charge >= 0.3 is 0 Å². The summed E-state index contributed by atoms with van der Waals surface area (Å²) in [6.45, 7) is 1.40. The van der Waals surface area contributed by atoms with E-state index in [4.69, 9.17) is 5.26 Å². The molecule has 7 heteroatoms. The number of imide groups is 1. The van der Waals surface area contributed by atoms with E-state index < -0.39 is 16.5 Å². The second-order valence-electron chi connectivity index (χ2n) is 4.36. The summed E-state index contributed by atoms with van der Waals surface area (Å²) < 4.78 is 0. The van der Waals surface area contributed by atoms with Gasteiger partial charge in [-0.1, -0.05) is 18.2 Å². The van der Waals surface area contributed by atoms with Crippen molar-refractivity contribution in [1.29, 1.82) is 5.26 Å². The van der Waals surface area contributed by atoms with Crippen LogP contribution in [0.1, 0.15) is 13.3 Å². The van der Waals surface area contributed by atoms with Crippen molar-refractivity contribution in [3.05, 3.63) is 30.3 Å². The number of nitrogens with zero attached hydrogens (tertiary/aromatic N) is 3. The molecule has 1 atom stereocenters. The maximum absolute atomic E-state index is 12.3. The third-order valence-electron chi connectivity index (χ3n) is 2.97. The van der Waals surface area contributed by atoms with E-state index in [0.29, 0.717) is 5.69 Å². The first kappa shape index (κ1) is 15.1. The van der Waals surface area contributed by atoms with Crippen LogP contribution in [-0.4, -0.2) is 33.9 Å². The quantitative estimate of drug-likeness (QED) is 0.849. The fraction of sp³-hybridized carbons (Fsp3) is 0.286. The van der Waals surface area contributed by atoms with Crippen molar-refractivity contribution in [3.8, 4) is 6.07 Å². The summed E-state index contributed by atoms with van der Waals surface area (Å²) in [6.07, 6.45) is 0.0795. The standard InChI is InChI=1S/C14H13N3O3S/c1-10(18)17(11-6-3-2-4-7-11)13-12(19)16(9-5-8-15)14(20)21-13/h2-4,6-7,13H,5,9H2,1H3/t13-/m1/s1. The molecule has 1 aromatic carbocycles. The summed E-state index contributed by atoms with van der Waals surface area (Å²) >= 11 is 0.797. The molecule has 0 saturated carbocycles. The Morgan fingerprint density at radius 1 is 1.38 bits per heavy atom. The molecule has 1 aliphatic heterocycles. The first-order valence-electron chi connectivity index (χ1n) is 6.30. The van der Waals surface area contributed by atoms with E-state index in [1.165, 1.54) is 11.8 Å². The minimum Gasteiger partial charge on any atom is -0.290 e. The van der Waals surface area contributed by atoms with Gasteiger partial charge in [0.1, 0.15) is 0 Å². The molecule has 0 bridgehead atoms. The number of para-hydroxylation sites is 1. The second-order valence-corrected chi connectivity index (χ2v) is 5.39. The zero-order chi connectivity index (χ0) is 15.4. The van der Waals surface area contributed by atoms with Crippen molar-refractivity contribution in [1.82, 2.24) is 4.90 Å². The summed E-state index contributed by atoms with van der Waals surface area (Å²) in [4.78, 5) is 38.4. The normalized spacial score (nSPS) is 17.7. The van der Waals surface area contributed by atoms with Crippen LogP contribution < -0.4 is 4.90 Å². The van der Waals surface area contributed by atoms with Crippen LogP contribution in [0.3, 0.4) is 0 Å². The van der Waals surface area contributed by atoms with Crippen molar-refractivity contribution in [3.63, 3.8) is 0 Å². The molecular formula is C14H13N3O3S. The van der Waals surface area contributed by atoms with Gasteiger partial charge in [0.05, 0.1) is 12.5 Å². The number of hydrogen-bond donors (Lipinski definition) is 0. The van der Waals surface area contributed by atoms with Gasteiger partial charge in [-0.25, -0.2) is 0 Å². The summed E-state index contributed by atoms with van der Waals surface area (Å²) in [5.74, 6) is -0.777. The number of benzene rings is 1. The van der Waals surface area contributed by atoms with Gasteiger partial charge < -0.3 is 0 Å². The van der Waals surface area contributed by atoms with Crippen LogP contribution in [-0.2, 0) is 9.59 Å². The lowest BCUT2D eigenvalue weighted by molar-refractivity contribution is -0.128. The number of thioether (sulfide) groups is 1. The van der Waals surface area contributed by atoms with Crippen molar-refractivity contribution < 1.29 is 14.4 Å². The van der Waals surface area contributed by atoms with E-state index in [0.717, 1.165) is 16.7 Å². The van der Waals surface area contributed by atoms with E-state index in [2.05, 4.69) is 0 Å². The van der Waals surface area contributed by atoms with Gasteiger partial charge in [0, 0.05) is 19.2 Å². The Kier molecular flexibility index (Phi) is 4.60. The van der Waals surface area contributed by atoms with Crippen molar-refractivity contribution >= 4 is 34.5 Å². The average molecular weight is 303 g/mol. The number of carbonyl (C=O) groups is 3. The molecule has 0 spiro atoms. The van der Waals surface area contributed by atoms with E-state index in [1.54, 1.807) is 30.3 Å². The average Bonchev–Trinajstić information content (AvgIpc) is 2.73. The minimum atomic E-state index is -0.906. The van der Waals surface area contributed by atoms with Gasteiger partial charge in [-0.15, -0.1) is 0 Å². The Balaban J connectivity index is 2.27. The molecular weight excluding hydrogens is 290 g/mol. The third-order valence-corrected chi connectivity index (χ3v) is 4.02. The third kappa shape index (κ3) is 3.06. The molecule has 1 fully saturated rings. The molecule has 2 rings (SSSR count). The van der Waals surface area contributed by atoms with Crippen LogP contribution in [0.2, 0.25) is 0 Å². The lowest BCUT2D eigenvalue weighted by Crippen LogP contribution is -2.44. The molecule has 0 unspecified atom stereocenters. The summed E-state index contributed by atoms with van der Waals surface area (Å²) in [7, 11) is 0. The Morgan fingerprint density at radius 3 is 2.62 bits per heavy atom. The maximum Gasteiger partial charge on any atom is 0.290 e. The van der Waals surface area contributed by atoms with Crippen molar-refractivity contribution in [2.45, 2.75) is 18.7 Å². The monoisotopic (exact) mass is 303 g/mol. The highest BCUT2D eigenvalue weighted by molar-refractivity contribution is 8.15. The Bertz CT molecular complexity index is 612. The Morgan fingerprint density at radius 2 is 2.05 bits per heavy atom. The highest BCUT2D eigenvalue weighted by Crippen LogP contribution is 2.32. The van der Waals surface area contributed by atoms with Gasteiger partial charge in [-0.2, -0.15) is 5.26 Å². The number of anilines is 1. The van der Waals surface area contributed by atoms with Crippen LogP contribution in [0.25, 0.3) is 0 Å². The van der Waals surface area contributed by atoms with Gasteiger partial charge in [0.2, 0.25) is 5.91 Å². The number of nitriles is 1. The molecule has 1 aromatic rings. The van der Waals surface area contributed by atoms with Crippen LogP contribution >= 0.6 is 11.8 Å². The Hall–Kier alpha value is -2.33. The first-order valence-corrected chi connectivity index (χ1v) is 7.18. The molecule has 108 valence electrons. The number of rotatable bonds is 4. The van der Waals surface area contributed by atoms with E-state index in [9.17, 15) is 14.4 Å². The molecule has 6 nitrogen and oxygen atoms in total. The van der Waals surface area contributed by atoms with E-state index in [1.807, 2.05) is 6.07 Å². The van der Waals surface area contributed by atoms with Gasteiger partial charge in [-0.3, -0.25) is 24.2 Å². The molecule has 0 aromatic heterocycles. The van der Waals surface area contributed by atoms with Crippen LogP contribution in [0.4, 0.5) is 10.5 Å². The molecule has 21 heavy (non-hydrogen) atoms. The van der Waals surface area contributed by atoms with Crippen LogP contribution in [0.15, 0.2) is 30.3 Å². The SMILES string of the molecule is CC(=O)N(c1ccccc1)[C@@H]1SC(=O)N(CCC#N)C1=O. The number of amides is 3. The van der Waals surface area contributed by atoms with Crippen LogP contribution in [0.5, 0.6) is 0 Å². The molecule has 0 aliphatic carbocycles. The molecule has 1 saturated heterocycles. The lowest BCUT2D eigenvalue weighted by atomic mass is 10.2. The van der Waals surface area contributed by atoms with Crippen LogP contribution in [0, 0.1) is 11.3 Å². The van der Waals surface area contributed by atoms with Crippen molar-refractivity contribution in [2.75, 3.05) is 11.4 Å². The highest BCUT2D eigenvalue weighted by atomic mass is 32.2. The zero-order valence-corrected chi connectivity index (χ0v) is 12.2. The second kappa shape index (κ2) is 6.41. The molecule has 0 N–H and O–H groups in total. The fourth-order valence-corrected chi connectivity index (χ4v) is 3.13. The summed E-state index contributed by atoms with van der Waals surface area (Å²) in [5.41, 5.74) is 0.561. The number of carbonyl (C=O) groups excluding carboxylic acids is 3. The number of hydrogen-bond acceptors (Lipinski definition) is 5. The molecule has 3 amide bonds. The largest absolute Gasteiger partial charge is 0.290 e. The van der Waals surface area contributed by atoms with E-state index >= 15 is 0 Å². The minimum absolute atomic E-state index is 0.0538. The zero-order valence-electron chi connectivity index (χ0n) is 11.4. The van der Waals surface area contributed by atoms with Gasteiger partial charge in [0.15, 0.2) is 5.37 Å². The fourth-order valence-electron chi connectivity index (χ4n) is 2.03. The predicted octanol–water partition coefficient (Wildman–Crippen LogP) is 1.97. The van der Waals surface area contributed by atoms with Crippen molar-refractivity contribution in [2.24, 2.45) is 0 Å². The lowest BCUT2D eigenvalue weighted by Gasteiger charge is -2.25.